The van der Waals surface area contributed by atoms with Crippen molar-refractivity contribution in [3.8, 4) is 11.5 Å². The Morgan fingerprint density at radius 1 is 1.17 bits per heavy atom. The van der Waals surface area contributed by atoms with E-state index in [2.05, 4.69) is 10.0 Å². The van der Waals surface area contributed by atoms with Gasteiger partial charge in [0.15, 0.2) is 11.5 Å². The normalized spacial score (nSPS) is 12.9. The molecular weight excluding hydrogens is 412 g/mol. The number of ether oxygens (including phenoxy) is 2. The predicted octanol–water partition coefficient (Wildman–Crippen LogP) is 2.33. The molecule has 0 saturated carbocycles. The number of rotatable bonds is 10. The van der Waals surface area contributed by atoms with Gasteiger partial charge in [0.25, 0.3) is 0 Å². The Balaban J connectivity index is 0.000000612. The largest absolute Gasteiger partial charge is 0.493 e. The molecule has 0 aliphatic heterocycles. The molecule has 0 spiro atoms. The summed E-state index contributed by atoms with van der Waals surface area (Å²) in [6.45, 7) is 9.32. The number of hydrogen-bond acceptors (Lipinski definition) is 6. The van der Waals surface area contributed by atoms with Crippen LogP contribution >= 0.6 is 0 Å². The standard InChI is InChI=1S/C12H19NO4S.C8H15NO3/c1-5-17-12-8-10(6-7-11(12)16-3)9(2)13-18(4,14)15;1-5(2)4-7(8(11)12)9-6(3)10/h6-9,13H,5H2,1-4H3;5,7H,4H2,1-3H3,(H,9,10)(H,11,12)/t;7-/m.0/s1. The summed E-state index contributed by atoms with van der Waals surface area (Å²) in [6.07, 6.45) is 1.60. The van der Waals surface area contributed by atoms with E-state index < -0.39 is 22.0 Å². The Labute approximate surface area is 179 Å². The van der Waals surface area contributed by atoms with Gasteiger partial charge in [-0.2, -0.15) is 0 Å². The zero-order valence-electron chi connectivity index (χ0n) is 18.7. The maximum Gasteiger partial charge on any atom is 0.326 e. The molecule has 2 atom stereocenters. The number of benzene rings is 1. The number of carbonyl (C=O) groups is 2. The van der Waals surface area contributed by atoms with E-state index in [1.54, 1.807) is 26.2 Å². The Morgan fingerprint density at radius 3 is 2.17 bits per heavy atom. The molecule has 0 aliphatic carbocycles. The molecule has 0 saturated heterocycles. The Kier molecular flexibility index (Phi) is 12.1. The summed E-state index contributed by atoms with van der Waals surface area (Å²) in [5.41, 5.74) is 0.824. The van der Waals surface area contributed by atoms with Crippen LogP contribution in [-0.2, 0) is 19.6 Å². The minimum absolute atomic E-state index is 0.262. The topological polar surface area (TPSA) is 131 Å². The van der Waals surface area contributed by atoms with Gasteiger partial charge >= 0.3 is 5.97 Å². The molecule has 0 fully saturated rings. The molecule has 1 unspecified atom stereocenters. The first-order chi connectivity index (χ1) is 13.8. The molecule has 10 heteroatoms. The molecule has 0 aliphatic rings. The van der Waals surface area contributed by atoms with Crippen molar-refractivity contribution in [3.63, 3.8) is 0 Å². The van der Waals surface area contributed by atoms with Crippen LogP contribution in [0.25, 0.3) is 0 Å². The molecule has 1 aromatic carbocycles. The highest BCUT2D eigenvalue weighted by molar-refractivity contribution is 7.88. The summed E-state index contributed by atoms with van der Waals surface area (Å²) in [7, 11) is -1.67. The van der Waals surface area contributed by atoms with Gasteiger partial charge in [0.2, 0.25) is 15.9 Å². The number of nitrogens with one attached hydrogen (secondary N) is 2. The maximum absolute atomic E-state index is 11.2. The van der Waals surface area contributed by atoms with E-state index in [-0.39, 0.29) is 17.9 Å². The van der Waals surface area contributed by atoms with Crippen LogP contribution in [0.2, 0.25) is 0 Å². The van der Waals surface area contributed by atoms with Crippen molar-refractivity contribution in [3.05, 3.63) is 23.8 Å². The van der Waals surface area contributed by atoms with Gasteiger partial charge < -0.3 is 19.9 Å². The highest BCUT2D eigenvalue weighted by Gasteiger charge is 2.19. The summed E-state index contributed by atoms with van der Waals surface area (Å²) in [4.78, 5) is 21.1. The monoisotopic (exact) mass is 446 g/mol. The van der Waals surface area contributed by atoms with Crippen molar-refractivity contribution in [1.29, 1.82) is 0 Å². The lowest BCUT2D eigenvalue weighted by Crippen LogP contribution is -2.40. The van der Waals surface area contributed by atoms with E-state index in [0.29, 0.717) is 24.5 Å². The van der Waals surface area contributed by atoms with Crippen LogP contribution in [0, 0.1) is 5.92 Å². The smallest absolute Gasteiger partial charge is 0.326 e. The summed E-state index contributed by atoms with van der Waals surface area (Å²) in [5.74, 6) is 0.228. The van der Waals surface area contributed by atoms with Gasteiger partial charge in [-0.25, -0.2) is 17.9 Å². The molecule has 30 heavy (non-hydrogen) atoms. The van der Waals surface area contributed by atoms with Gasteiger partial charge in [0.1, 0.15) is 6.04 Å². The van der Waals surface area contributed by atoms with Crippen LogP contribution < -0.4 is 19.5 Å². The summed E-state index contributed by atoms with van der Waals surface area (Å²) in [5, 5.41) is 11.0. The first kappa shape index (κ1) is 27.7. The lowest BCUT2D eigenvalue weighted by molar-refractivity contribution is -0.142. The van der Waals surface area contributed by atoms with Crippen LogP contribution in [0.3, 0.4) is 0 Å². The highest BCUT2D eigenvalue weighted by atomic mass is 32.2. The van der Waals surface area contributed by atoms with Crippen molar-refractivity contribution < 1.29 is 32.6 Å². The summed E-state index contributed by atoms with van der Waals surface area (Å²) >= 11 is 0. The summed E-state index contributed by atoms with van der Waals surface area (Å²) < 4.78 is 35.5. The van der Waals surface area contributed by atoms with E-state index in [9.17, 15) is 18.0 Å². The lowest BCUT2D eigenvalue weighted by Gasteiger charge is -2.15. The SMILES string of the molecule is CC(=O)N[C@@H](CC(C)C)C(=O)O.CCOc1cc(C(C)NS(C)(=O)=O)ccc1OC. The van der Waals surface area contributed by atoms with E-state index in [0.717, 1.165) is 11.8 Å². The third-order valence-electron chi connectivity index (χ3n) is 3.76. The van der Waals surface area contributed by atoms with Crippen LogP contribution in [0.1, 0.15) is 52.6 Å². The van der Waals surface area contributed by atoms with E-state index in [1.807, 2.05) is 26.8 Å². The fourth-order valence-electron chi connectivity index (χ4n) is 2.56. The zero-order chi connectivity index (χ0) is 23.5. The molecule has 0 bridgehead atoms. The second kappa shape index (κ2) is 13.1. The Hall–Kier alpha value is -2.33. The average Bonchev–Trinajstić information content (AvgIpc) is 2.59. The number of sulfonamides is 1. The van der Waals surface area contributed by atoms with Crippen molar-refractivity contribution in [2.75, 3.05) is 20.0 Å². The average molecular weight is 447 g/mol. The molecule has 0 radical (unpaired) electrons. The quantitative estimate of drug-likeness (QED) is 0.503. The molecule has 0 heterocycles. The number of carbonyl (C=O) groups excluding carboxylic acids is 1. The lowest BCUT2D eigenvalue weighted by atomic mass is 10.0. The van der Waals surface area contributed by atoms with Crippen LogP contribution in [0.5, 0.6) is 11.5 Å². The van der Waals surface area contributed by atoms with Crippen LogP contribution in [0.4, 0.5) is 0 Å². The van der Waals surface area contributed by atoms with Gasteiger partial charge in [-0.05, 0) is 43.9 Å². The molecule has 9 nitrogen and oxygen atoms in total. The number of carboxylic acid groups (broad SMARTS) is 1. The molecule has 0 aromatic heterocycles. The van der Waals surface area contributed by atoms with E-state index in [1.165, 1.54) is 6.92 Å². The highest BCUT2D eigenvalue weighted by Crippen LogP contribution is 2.30. The third kappa shape index (κ3) is 11.6. The van der Waals surface area contributed by atoms with E-state index in [4.69, 9.17) is 14.6 Å². The minimum Gasteiger partial charge on any atom is -0.493 e. The number of carboxylic acids is 1. The molecule has 1 aromatic rings. The van der Waals surface area contributed by atoms with Gasteiger partial charge in [-0.1, -0.05) is 19.9 Å². The summed E-state index contributed by atoms with van der Waals surface area (Å²) in [6, 6.07) is 4.29. The van der Waals surface area contributed by atoms with Gasteiger partial charge in [0, 0.05) is 13.0 Å². The first-order valence-electron chi connectivity index (χ1n) is 9.58. The zero-order valence-corrected chi connectivity index (χ0v) is 19.5. The third-order valence-corrected chi connectivity index (χ3v) is 4.54. The van der Waals surface area contributed by atoms with Crippen LogP contribution in [0.15, 0.2) is 18.2 Å². The van der Waals surface area contributed by atoms with Crippen molar-refractivity contribution >= 4 is 21.9 Å². The van der Waals surface area contributed by atoms with Crippen molar-refractivity contribution in [2.45, 2.75) is 53.1 Å². The van der Waals surface area contributed by atoms with Crippen LogP contribution in [-0.4, -0.2) is 51.4 Å². The van der Waals surface area contributed by atoms with E-state index >= 15 is 0 Å². The van der Waals surface area contributed by atoms with Gasteiger partial charge in [0.05, 0.1) is 20.0 Å². The van der Waals surface area contributed by atoms with Crippen molar-refractivity contribution in [2.24, 2.45) is 5.92 Å². The number of hydrogen-bond donors (Lipinski definition) is 3. The second-order valence-corrected chi connectivity index (χ2v) is 8.96. The Bertz CT molecular complexity index is 794. The fourth-order valence-corrected chi connectivity index (χ4v) is 3.34. The number of methoxy groups -OCH3 is 1. The van der Waals surface area contributed by atoms with Gasteiger partial charge in [-0.3, -0.25) is 4.79 Å². The predicted molar refractivity (Wildman–Crippen MR) is 115 cm³/mol. The fraction of sp³-hybridized carbons (Fsp3) is 0.600. The maximum atomic E-state index is 11.2. The van der Waals surface area contributed by atoms with Gasteiger partial charge in [-0.15, -0.1) is 0 Å². The molecule has 3 N–H and O–H groups in total. The Morgan fingerprint density at radius 2 is 1.77 bits per heavy atom. The number of aliphatic carboxylic acids is 1. The molecule has 1 rings (SSSR count). The first-order valence-corrected chi connectivity index (χ1v) is 11.5. The molecule has 1 amide bonds. The molecule has 172 valence electrons. The minimum atomic E-state index is -3.23. The van der Waals surface area contributed by atoms with Crippen molar-refractivity contribution in [1.82, 2.24) is 10.0 Å². The number of amides is 1. The molecular formula is C20H34N2O7S. The second-order valence-electron chi connectivity index (χ2n) is 7.18.